The van der Waals surface area contributed by atoms with Crippen molar-refractivity contribution in [1.29, 1.82) is 0 Å². The highest BCUT2D eigenvalue weighted by atomic mass is 32.2. The van der Waals surface area contributed by atoms with Crippen molar-refractivity contribution < 1.29 is 52.8 Å². The van der Waals surface area contributed by atoms with Gasteiger partial charge in [0.2, 0.25) is 41.4 Å². The lowest BCUT2D eigenvalue weighted by atomic mass is 10.0. The lowest BCUT2D eigenvalue weighted by molar-refractivity contribution is -0.138. The zero-order valence-corrected chi connectivity index (χ0v) is 38.5. The van der Waals surface area contributed by atoms with Crippen molar-refractivity contribution >= 4 is 94.0 Å². The molecule has 0 aliphatic carbocycles. The Kier molecular flexibility index (Phi) is 29.3. The lowest BCUT2D eigenvalue weighted by Gasteiger charge is -2.22. The van der Waals surface area contributed by atoms with Crippen molar-refractivity contribution in [2.45, 2.75) is 109 Å². The molecule has 0 aromatic carbocycles. The van der Waals surface area contributed by atoms with Crippen LogP contribution in [0.25, 0.3) is 0 Å². The average molecular weight is 918 g/mol. The summed E-state index contributed by atoms with van der Waals surface area (Å²) in [5.74, 6) is 1.17. The Hall–Kier alpha value is -3.53. The first-order valence-corrected chi connectivity index (χ1v) is 24.6. The van der Waals surface area contributed by atoms with Gasteiger partial charge < -0.3 is 36.6 Å². The smallest absolute Gasteiger partial charge is 0.242 e. The summed E-state index contributed by atoms with van der Waals surface area (Å²) >= 11 is 4.05. The molecular weight excluding hydrogens is 851 g/mol. The number of primary amides is 1. The van der Waals surface area contributed by atoms with Crippen molar-refractivity contribution in [3.8, 4) is 0 Å². The highest BCUT2D eigenvalue weighted by molar-refractivity contribution is 8.00. The molecule has 0 radical (unpaired) electrons. The molecule has 1 aliphatic rings. The van der Waals surface area contributed by atoms with Crippen LogP contribution in [0.1, 0.15) is 97.3 Å². The minimum atomic E-state index is -0.842. The Morgan fingerprint density at radius 1 is 0.721 bits per heavy atom. The predicted octanol–water partition coefficient (Wildman–Crippen LogP) is 1.06. The third-order valence-corrected chi connectivity index (χ3v) is 12.6. The third kappa shape index (κ3) is 24.0. The summed E-state index contributed by atoms with van der Waals surface area (Å²) in [7, 11) is 0. The van der Waals surface area contributed by atoms with Gasteiger partial charge in [-0.15, -0.1) is 11.8 Å². The standard InChI is InChI=1S/C40H67N7O11S3/c1-26(48)18-29(23-59-3)37(54)44-15-8-7-12-32(46-38(55)30(24-60-4)19-27(2)49)39(56)45-16-10-9-14-43-34(51)13-6-5-11-17-47-35(52)21-33(40(47)57)61-25-28(36(41)53)20-31(50)22-58-42/h28-30,32-33H,5-25,42H2,1-4H3,(H2,41,53)(H,43,51)(H,44,54)(H,45,56)(H,46,55). The number of likely N-dealkylation sites (tertiary alicyclic amines) is 1. The van der Waals surface area contributed by atoms with E-state index >= 15 is 0 Å². The maximum absolute atomic E-state index is 13.2. The number of hydrogen-bond donors (Lipinski definition) is 6. The lowest BCUT2D eigenvalue weighted by Crippen LogP contribution is -2.49. The number of imide groups is 1. The van der Waals surface area contributed by atoms with E-state index in [-0.39, 0.29) is 98.0 Å². The number of nitrogens with two attached hydrogens (primary N) is 2. The highest BCUT2D eigenvalue weighted by Crippen LogP contribution is 2.28. The van der Waals surface area contributed by atoms with Gasteiger partial charge >= 0.3 is 0 Å². The fourth-order valence-corrected chi connectivity index (χ4v) is 9.11. The first-order chi connectivity index (χ1) is 29.0. The van der Waals surface area contributed by atoms with Crippen molar-refractivity contribution in [3.63, 3.8) is 0 Å². The van der Waals surface area contributed by atoms with Crippen LogP contribution in [0, 0.1) is 17.8 Å². The molecule has 5 unspecified atom stereocenters. The molecule has 0 aromatic rings. The van der Waals surface area contributed by atoms with Crippen LogP contribution < -0.4 is 32.9 Å². The summed E-state index contributed by atoms with van der Waals surface area (Å²) in [5, 5.41) is 10.8. The van der Waals surface area contributed by atoms with Gasteiger partial charge in [0.15, 0.2) is 5.78 Å². The van der Waals surface area contributed by atoms with Crippen LogP contribution in [0.15, 0.2) is 0 Å². The predicted molar refractivity (Wildman–Crippen MR) is 237 cm³/mol. The van der Waals surface area contributed by atoms with Gasteiger partial charge in [-0.1, -0.05) is 6.42 Å². The number of Topliss-reactive ketones (excluding diaryl/α,β-unsaturated/α-hetero) is 3. The molecule has 1 fully saturated rings. The quantitative estimate of drug-likeness (QED) is 0.0291. The summed E-state index contributed by atoms with van der Waals surface area (Å²) < 4.78 is 0. The van der Waals surface area contributed by atoms with Crippen LogP contribution in [0.5, 0.6) is 0 Å². The molecule has 21 heteroatoms. The molecule has 1 saturated heterocycles. The van der Waals surface area contributed by atoms with Gasteiger partial charge in [-0.2, -0.15) is 23.5 Å². The summed E-state index contributed by atoms with van der Waals surface area (Å²) in [6.45, 7) is 3.81. The van der Waals surface area contributed by atoms with Crippen molar-refractivity contribution in [1.82, 2.24) is 26.2 Å². The Labute approximate surface area is 372 Å². The molecular formula is C40H67N7O11S3. The van der Waals surface area contributed by atoms with Crippen molar-refractivity contribution in [3.05, 3.63) is 0 Å². The SMILES string of the molecule is CSCC(CC(C)=O)C(=O)NCCCCC(NC(=O)C(CSC)CC(C)=O)C(=O)NCCCCNC(=O)CCCCCN1C(=O)CC(SCC(CC(=O)CON)C(N)=O)C1=O. The number of ketones is 3. The molecule has 0 spiro atoms. The number of rotatable bonds is 36. The summed E-state index contributed by atoms with van der Waals surface area (Å²) in [4.78, 5) is 129. The zero-order chi connectivity index (χ0) is 45.7. The second-order valence-corrected chi connectivity index (χ2v) is 18.2. The van der Waals surface area contributed by atoms with Crippen LogP contribution in [-0.4, -0.2) is 137 Å². The Bertz CT molecular complexity index is 1490. The third-order valence-electron chi connectivity index (χ3n) is 9.73. The maximum atomic E-state index is 13.2. The normalized spacial score (nSPS) is 15.7. The van der Waals surface area contributed by atoms with Gasteiger partial charge in [0.05, 0.1) is 23.0 Å². The number of carbonyl (C=O) groups excluding carboxylic acids is 10. The van der Waals surface area contributed by atoms with Gasteiger partial charge in [0.25, 0.3) is 0 Å². The Morgan fingerprint density at radius 2 is 1.30 bits per heavy atom. The molecule has 1 rings (SSSR count). The van der Waals surface area contributed by atoms with E-state index in [1.807, 2.05) is 12.5 Å². The van der Waals surface area contributed by atoms with E-state index in [0.29, 0.717) is 82.5 Å². The van der Waals surface area contributed by atoms with Gasteiger partial charge in [-0.25, -0.2) is 5.90 Å². The second-order valence-electron chi connectivity index (χ2n) is 15.2. The number of thioether (sulfide) groups is 3. The topological polar surface area (TPSA) is 283 Å². The van der Waals surface area contributed by atoms with Crippen LogP contribution in [0.2, 0.25) is 0 Å². The highest BCUT2D eigenvalue weighted by Gasteiger charge is 2.39. The van der Waals surface area contributed by atoms with E-state index in [0.717, 1.165) is 11.8 Å². The molecule has 0 aromatic heterocycles. The average Bonchev–Trinajstić information content (AvgIpc) is 3.46. The number of unbranched alkanes of at least 4 members (excludes halogenated alkanes) is 4. The van der Waals surface area contributed by atoms with Crippen LogP contribution in [0.4, 0.5) is 0 Å². The van der Waals surface area contributed by atoms with Crippen LogP contribution in [0.3, 0.4) is 0 Å². The molecule has 0 saturated carbocycles. The minimum absolute atomic E-state index is 0.00834. The summed E-state index contributed by atoms with van der Waals surface area (Å²) in [6, 6.07) is -0.842. The molecule has 1 heterocycles. The van der Waals surface area contributed by atoms with Crippen molar-refractivity contribution in [2.24, 2.45) is 29.4 Å². The van der Waals surface area contributed by atoms with E-state index in [9.17, 15) is 47.9 Å². The largest absolute Gasteiger partial charge is 0.369 e. The molecule has 61 heavy (non-hydrogen) atoms. The first-order valence-electron chi connectivity index (χ1n) is 20.7. The summed E-state index contributed by atoms with van der Waals surface area (Å²) in [6.07, 6.45) is 8.29. The van der Waals surface area contributed by atoms with Crippen molar-refractivity contribution in [2.75, 3.05) is 62.6 Å². The van der Waals surface area contributed by atoms with Gasteiger partial charge in [-0.05, 0) is 71.3 Å². The Balaban J connectivity index is 2.47. The first kappa shape index (κ1) is 55.5. The second kappa shape index (κ2) is 32.2. The molecule has 1 aliphatic heterocycles. The number of nitrogens with one attached hydrogen (secondary N) is 4. The molecule has 346 valence electrons. The molecule has 18 nitrogen and oxygen atoms in total. The molecule has 5 atom stereocenters. The van der Waals surface area contributed by atoms with E-state index in [1.165, 1.54) is 42.3 Å². The number of amides is 7. The van der Waals surface area contributed by atoms with Gasteiger partial charge in [-0.3, -0.25) is 48.1 Å². The van der Waals surface area contributed by atoms with E-state index in [2.05, 4.69) is 26.1 Å². The minimum Gasteiger partial charge on any atom is -0.369 e. The van der Waals surface area contributed by atoms with E-state index in [1.54, 1.807) is 0 Å². The Morgan fingerprint density at radius 3 is 1.87 bits per heavy atom. The van der Waals surface area contributed by atoms with E-state index < -0.39 is 40.7 Å². The fourth-order valence-electron chi connectivity index (χ4n) is 6.49. The number of carbonyl (C=O) groups is 10. The van der Waals surface area contributed by atoms with Gasteiger partial charge in [0, 0.05) is 75.5 Å². The monoisotopic (exact) mass is 917 g/mol. The van der Waals surface area contributed by atoms with E-state index in [4.69, 9.17) is 11.6 Å². The van der Waals surface area contributed by atoms with Crippen LogP contribution >= 0.6 is 35.3 Å². The number of nitrogens with zero attached hydrogens (tertiary/aromatic N) is 1. The van der Waals surface area contributed by atoms with Crippen LogP contribution in [-0.2, 0) is 52.8 Å². The molecule has 7 amide bonds. The number of hydrogen-bond acceptors (Lipinski definition) is 15. The molecule has 0 bridgehead atoms. The summed E-state index contributed by atoms with van der Waals surface area (Å²) in [5.41, 5.74) is 5.40. The zero-order valence-electron chi connectivity index (χ0n) is 36.1. The fraction of sp³-hybridized carbons (Fsp3) is 0.750. The maximum Gasteiger partial charge on any atom is 0.242 e. The van der Waals surface area contributed by atoms with Gasteiger partial charge in [0.1, 0.15) is 24.2 Å². The molecule has 8 N–H and O–H groups in total.